The first-order valence-electron chi connectivity index (χ1n) is 13.6. The summed E-state index contributed by atoms with van der Waals surface area (Å²) < 4.78 is 0. The van der Waals surface area contributed by atoms with Crippen LogP contribution in [0.15, 0.2) is 146 Å². The Bertz CT molecular complexity index is 1700. The van der Waals surface area contributed by atoms with E-state index >= 15 is 0 Å². The summed E-state index contributed by atoms with van der Waals surface area (Å²) in [5.74, 6) is 0. The van der Waals surface area contributed by atoms with Crippen LogP contribution in [0.1, 0.15) is 26.3 Å². The first-order valence-corrected chi connectivity index (χ1v) is 13.6. The maximum absolute atomic E-state index is 2.38. The zero-order valence-corrected chi connectivity index (χ0v) is 22.8. The van der Waals surface area contributed by atoms with E-state index in [1.54, 1.807) is 0 Å². The van der Waals surface area contributed by atoms with Crippen molar-refractivity contribution in [1.29, 1.82) is 0 Å². The highest BCUT2D eigenvalue weighted by atomic mass is 15.1. The van der Waals surface area contributed by atoms with Gasteiger partial charge in [0.1, 0.15) is 0 Å². The smallest absolute Gasteiger partial charge is 0.0540 e. The Morgan fingerprint density at radius 3 is 1.64 bits per heavy atom. The van der Waals surface area contributed by atoms with Crippen molar-refractivity contribution in [2.45, 2.75) is 26.2 Å². The number of rotatable bonds is 5. The number of hydrogen-bond acceptors (Lipinski definition) is 1. The highest BCUT2D eigenvalue weighted by molar-refractivity contribution is 6.08. The molecule has 0 fully saturated rings. The molecule has 0 radical (unpaired) electrons. The Labute approximate surface area is 232 Å². The predicted molar refractivity (Wildman–Crippen MR) is 168 cm³/mol. The van der Waals surface area contributed by atoms with Gasteiger partial charge in [0.2, 0.25) is 0 Å². The van der Waals surface area contributed by atoms with Crippen molar-refractivity contribution < 1.29 is 0 Å². The minimum atomic E-state index is 0.102. The fourth-order valence-corrected chi connectivity index (χ4v) is 5.43. The molecule has 0 N–H and O–H groups in total. The van der Waals surface area contributed by atoms with Crippen LogP contribution in [0.4, 0.5) is 17.1 Å². The molecule has 0 aliphatic heterocycles. The third kappa shape index (κ3) is 4.84. The fourth-order valence-electron chi connectivity index (χ4n) is 5.43. The van der Waals surface area contributed by atoms with E-state index in [1.165, 1.54) is 38.6 Å². The van der Waals surface area contributed by atoms with Crippen molar-refractivity contribution >= 4 is 27.8 Å². The average molecular weight is 504 g/mol. The maximum atomic E-state index is 2.38. The van der Waals surface area contributed by atoms with Crippen LogP contribution < -0.4 is 4.90 Å². The topological polar surface area (TPSA) is 3.24 Å². The zero-order valence-electron chi connectivity index (χ0n) is 22.8. The summed E-state index contributed by atoms with van der Waals surface area (Å²) in [5.41, 5.74) is 9.78. The Morgan fingerprint density at radius 2 is 0.974 bits per heavy atom. The van der Waals surface area contributed by atoms with Gasteiger partial charge in [0.25, 0.3) is 0 Å². The van der Waals surface area contributed by atoms with Crippen LogP contribution in [0.2, 0.25) is 0 Å². The largest absolute Gasteiger partial charge is 0.310 e. The molecule has 0 saturated heterocycles. The Hall–Kier alpha value is -4.62. The van der Waals surface area contributed by atoms with Gasteiger partial charge < -0.3 is 4.90 Å². The number of para-hydroxylation sites is 2. The van der Waals surface area contributed by atoms with Crippen LogP contribution in [0.25, 0.3) is 33.0 Å². The Morgan fingerprint density at radius 1 is 0.436 bits per heavy atom. The second-order valence-corrected chi connectivity index (χ2v) is 11.1. The molecule has 0 aliphatic carbocycles. The molecule has 6 aromatic carbocycles. The summed E-state index contributed by atoms with van der Waals surface area (Å²) in [5, 5.41) is 2.51. The van der Waals surface area contributed by atoms with Gasteiger partial charge in [0.15, 0.2) is 0 Å². The van der Waals surface area contributed by atoms with E-state index in [0.29, 0.717) is 0 Å². The maximum Gasteiger partial charge on any atom is 0.0540 e. The van der Waals surface area contributed by atoms with Crippen LogP contribution in [0, 0.1) is 0 Å². The van der Waals surface area contributed by atoms with Crippen LogP contribution in [-0.2, 0) is 5.41 Å². The van der Waals surface area contributed by atoms with Crippen molar-refractivity contribution in [3.63, 3.8) is 0 Å². The molecule has 190 valence electrons. The summed E-state index contributed by atoms with van der Waals surface area (Å²) in [4.78, 5) is 2.38. The van der Waals surface area contributed by atoms with E-state index < -0.39 is 0 Å². The lowest BCUT2D eigenvalue weighted by Crippen LogP contribution is -2.13. The molecule has 0 aliphatic rings. The zero-order chi connectivity index (χ0) is 26.8. The third-order valence-corrected chi connectivity index (χ3v) is 7.43. The molecule has 0 atom stereocenters. The predicted octanol–water partition coefficient (Wildman–Crippen LogP) is 10.9. The number of benzene rings is 6. The van der Waals surface area contributed by atoms with Gasteiger partial charge in [-0.2, -0.15) is 0 Å². The highest BCUT2D eigenvalue weighted by Gasteiger charge is 2.20. The summed E-state index contributed by atoms with van der Waals surface area (Å²) >= 11 is 0. The van der Waals surface area contributed by atoms with Gasteiger partial charge in [-0.1, -0.05) is 136 Å². The van der Waals surface area contributed by atoms with Crippen molar-refractivity contribution in [3.05, 3.63) is 151 Å². The molecule has 0 bridgehead atoms. The van der Waals surface area contributed by atoms with Crippen LogP contribution in [-0.4, -0.2) is 0 Å². The van der Waals surface area contributed by atoms with Gasteiger partial charge in [-0.15, -0.1) is 0 Å². The summed E-state index contributed by atoms with van der Waals surface area (Å²) in [6.45, 7) is 6.78. The van der Waals surface area contributed by atoms with E-state index in [2.05, 4.69) is 171 Å². The first kappa shape index (κ1) is 24.7. The van der Waals surface area contributed by atoms with Crippen LogP contribution in [0.3, 0.4) is 0 Å². The van der Waals surface area contributed by atoms with E-state index in [-0.39, 0.29) is 5.41 Å². The normalized spacial score (nSPS) is 11.5. The second kappa shape index (κ2) is 10.3. The van der Waals surface area contributed by atoms with E-state index in [0.717, 1.165) is 17.1 Å². The molecule has 39 heavy (non-hydrogen) atoms. The molecule has 0 amide bonds. The van der Waals surface area contributed by atoms with Crippen molar-refractivity contribution in [1.82, 2.24) is 0 Å². The van der Waals surface area contributed by atoms with E-state index in [4.69, 9.17) is 0 Å². The number of anilines is 3. The summed E-state index contributed by atoms with van der Waals surface area (Å²) in [6.07, 6.45) is 0. The first-order chi connectivity index (χ1) is 19.0. The molecule has 0 saturated carbocycles. The lowest BCUT2D eigenvalue weighted by atomic mass is 9.87. The number of nitrogens with zero attached hydrogens (tertiary/aromatic N) is 1. The fraction of sp³-hybridized carbons (Fsp3) is 0.105. The van der Waals surface area contributed by atoms with Crippen LogP contribution in [0.5, 0.6) is 0 Å². The second-order valence-electron chi connectivity index (χ2n) is 11.1. The lowest BCUT2D eigenvalue weighted by Gasteiger charge is -2.29. The minimum absolute atomic E-state index is 0.102. The van der Waals surface area contributed by atoms with E-state index in [1.807, 2.05) is 0 Å². The molecule has 6 rings (SSSR count). The van der Waals surface area contributed by atoms with Gasteiger partial charge in [0.05, 0.1) is 5.69 Å². The molecule has 0 spiro atoms. The molecule has 6 aromatic rings. The number of fused-ring (bicyclic) bond motifs is 1. The van der Waals surface area contributed by atoms with Crippen LogP contribution >= 0.6 is 0 Å². The monoisotopic (exact) mass is 503 g/mol. The van der Waals surface area contributed by atoms with Gasteiger partial charge in [-0.25, -0.2) is 0 Å². The SMILES string of the molecule is CC(C)(C)c1ccc(N(c2ccccc2)c2ccccc2-c2cccc3cccc(-c4ccccc4)c23)cc1. The molecule has 0 aromatic heterocycles. The van der Waals surface area contributed by atoms with Crippen molar-refractivity contribution in [2.75, 3.05) is 4.90 Å². The Kier molecular flexibility index (Phi) is 6.50. The highest BCUT2D eigenvalue weighted by Crippen LogP contribution is 2.44. The van der Waals surface area contributed by atoms with Crippen molar-refractivity contribution in [2.24, 2.45) is 0 Å². The Balaban J connectivity index is 1.59. The lowest BCUT2D eigenvalue weighted by molar-refractivity contribution is 0.590. The molecular formula is C38H33N. The average Bonchev–Trinajstić information content (AvgIpc) is 2.98. The van der Waals surface area contributed by atoms with E-state index in [9.17, 15) is 0 Å². The van der Waals surface area contributed by atoms with Gasteiger partial charge in [0, 0.05) is 16.9 Å². The number of hydrogen-bond donors (Lipinski definition) is 0. The summed E-state index contributed by atoms with van der Waals surface area (Å²) in [6, 6.07) is 52.5. The summed E-state index contributed by atoms with van der Waals surface area (Å²) in [7, 11) is 0. The van der Waals surface area contributed by atoms with Gasteiger partial charge >= 0.3 is 0 Å². The van der Waals surface area contributed by atoms with Gasteiger partial charge in [-0.05, 0) is 68.8 Å². The quantitative estimate of drug-likeness (QED) is 0.226. The molecular weight excluding hydrogens is 470 g/mol. The molecule has 1 nitrogen and oxygen atoms in total. The third-order valence-electron chi connectivity index (χ3n) is 7.43. The van der Waals surface area contributed by atoms with Gasteiger partial charge in [-0.3, -0.25) is 0 Å². The molecule has 0 heterocycles. The minimum Gasteiger partial charge on any atom is -0.310 e. The standard InChI is InChI=1S/C38H33N/c1-38(2,3)30-24-26-32(27-25-30)39(31-18-8-5-9-19-31)36-23-11-10-20-34(36)35-22-13-17-29-16-12-21-33(37(29)35)28-14-6-4-7-15-28/h4-27H,1-3H3. The van der Waals surface area contributed by atoms with Crippen molar-refractivity contribution in [3.8, 4) is 22.3 Å². The molecule has 0 unspecified atom stereocenters. The molecule has 1 heteroatoms.